The Morgan fingerprint density at radius 3 is 2.79 bits per heavy atom. The first-order chi connectivity index (χ1) is 16.2. The lowest BCUT2D eigenvalue weighted by molar-refractivity contribution is 0.0949. The quantitative estimate of drug-likeness (QED) is 0.382. The molecule has 0 saturated heterocycles. The number of nitrogens with one attached hydrogen (secondary N) is 3. The second-order valence-corrected chi connectivity index (χ2v) is 8.12. The first-order valence-electron chi connectivity index (χ1n) is 11.0. The summed E-state index contributed by atoms with van der Waals surface area (Å²) in [6.07, 6.45) is 6.99. The molecule has 3 heterocycles. The molecule has 5 rings (SSSR count). The highest BCUT2D eigenvalue weighted by atomic mass is 16.1. The Morgan fingerprint density at radius 1 is 1.15 bits per heavy atom. The van der Waals surface area contributed by atoms with Gasteiger partial charge in [-0.2, -0.15) is 5.10 Å². The molecule has 0 spiro atoms. The molecule has 0 atom stereocenters. The van der Waals surface area contributed by atoms with Crippen molar-refractivity contribution in [3.63, 3.8) is 0 Å². The summed E-state index contributed by atoms with van der Waals surface area (Å²) in [5.41, 5.74) is 2.28. The maximum atomic E-state index is 12.7. The molecular formula is C23H25N9O. The first kappa shape index (κ1) is 20.8. The minimum Gasteiger partial charge on any atom is -0.378 e. The van der Waals surface area contributed by atoms with E-state index >= 15 is 0 Å². The van der Waals surface area contributed by atoms with Gasteiger partial charge in [0.1, 0.15) is 11.6 Å². The Bertz CT molecular complexity index is 1240. The smallest absolute Gasteiger partial charge is 0.251 e. The summed E-state index contributed by atoms with van der Waals surface area (Å²) in [4.78, 5) is 21.2. The standard InChI is InChI=1S/C23H25N9O/c1-32-20(29-31-22(32)16-4-2-5-16)14-26-23(33)17-6-3-7-18(12-17)25-13-19-27-21(30-28-19)15-8-10-24-11-9-15/h3,6-12,16,25H,2,4-5,13-14H2,1H3,(H,26,33)(H,27,28,30). The SMILES string of the molecule is Cn1c(CNC(=O)c2cccc(NCc3nc(-c4ccncc4)n[nH]3)c2)nnc1C1CCC1. The Labute approximate surface area is 190 Å². The number of nitrogens with zero attached hydrogens (tertiary/aromatic N) is 6. The van der Waals surface area contributed by atoms with Gasteiger partial charge in [0.05, 0.1) is 13.1 Å². The van der Waals surface area contributed by atoms with E-state index in [4.69, 9.17) is 0 Å². The molecule has 3 aromatic heterocycles. The van der Waals surface area contributed by atoms with Crippen LogP contribution in [0.3, 0.4) is 0 Å². The molecule has 1 aliphatic carbocycles. The van der Waals surface area contributed by atoms with Crippen molar-refractivity contribution in [2.45, 2.75) is 38.3 Å². The summed E-state index contributed by atoms with van der Waals surface area (Å²) in [5.74, 6) is 3.42. The van der Waals surface area contributed by atoms with E-state index < -0.39 is 0 Å². The molecule has 0 unspecified atom stereocenters. The van der Waals surface area contributed by atoms with E-state index in [1.54, 1.807) is 18.5 Å². The predicted molar refractivity (Wildman–Crippen MR) is 122 cm³/mol. The van der Waals surface area contributed by atoms with Gasteiger partial charge in [0.2, 0.25) is 0 Å². The van der Waals surface area contributed by atoms with Crippen molar-refractivity contribution in [2.24, 2.45) is 7.05 Å². The molecule has 1 amide bonds. The summed E-state index contributed by atoms with van der Waals surface area (Å²) in [7, 11) is 1.96. The van der Waals surface area contributed by atoms with Crippen LogP contribution in [-0.4, -0.2) is 40.8 Å². The van der Waals surface area contributed by atoms with Crippen molar-refractivity contribution in [2.75, 3.05) is 5.32 Å². The molecule has 1 saturated carbocycles. The molecule has 10 nitrogen and oxygen atoms in total. The van der Waals surface area contributed by atoms with Gasteiger partial charge in [-0.3, -0.25) is 14.9 Å². The van der Waals surface area contributed by atoms with Crippen LogP contribution in [0.2, 0.25) is 0 Å². The van der Waals surface area contributed by atoms with Gasteiger partial charge < -0.3 is 15.2 Å². The number of H-pyrrole nitrogens is 1. The summed E-state index contributed by atoms with van der Waals surface area (Å²) < 4.78 is 2.00. The van der Waals surface area contributed by atoms with Crippen LogP contribution in [-0.2, 0) is 20.1 Å². The van der Waals surface area contributed by atoms with Crippen molar-refractivity contribution in [3.05, 3.63) is 71.8 Å². The molecule has 1 aromatic carbocycles. The van der Waals surface area contributed by atoms with Crippen LogP contribution in [0, 0.1) is 0 Å². The van der Waals surface area contributed by atoms with E-state index in [9.17, 15) is 4.79 Å². The van der Waals surface area contributed by atoms with Crippen LogP contribution < -0.4 is 10.6 Å². The van der Waals surface area contributed by atoms with Crippen LogP contribution >= 0.6 is 0 Å². The highest BCUT2D eigenvalue weighted by molar-refractivity contribution is 5.95. The first-order valence-corrected chi connectivity index (χ1v) is 11.0. The van der Waals surface area contributed by atoms with E-state index in [1.165, 1.54) is 6.42 Å². The minimum absolute atomic E-state index is 0.161. The number of carbonyl (C=O) groups excluding carboxylic acids is 1. The highest BCUT2D eigenvalue weighted by Gasteiger charge is 2.25. The van der Waals surface area contributed by atoms with Gasteiger partial charge in [0.15, 0.2) is 11.6 Å². The number of amides is 1. The fourth-order valence-electron chi connectivity index (χ4n) is 3.77. The molecule has 33 heavy (non-hydrogen) atoms. The third-order valence-electron chi connectivity index (χ3n) is 5.93. The normalized spacial score (nSPS) is 13.5. The van der Waals surface area contributed by atoms with Crippen molar-refractivity contribution < 1.29 is 4.79 Å². The number of hydrogen-bond donors (Lipinski definition) is 3. The van der Waals surface area contributed by atoms with Crippen molar-refractivity contribution in [3.8, 4) is 11.4 Å². The molecule has 3 N–H and O–H groups in total. The molecule has 4 aromatic rings. The van der Waals surface area contributed by atoms with Gasteiger partial charge in [-0.1, -0.05) is 12.5 Å². The maximum absolute atomic E-state index is 12.7. The number of benzene rings is 1. The third-order valence-corrected chi connectivity index (χ3v) is 5.93. The van der Waals surface area contributed by atoms with E-state index in [0.717, 1.165) is 35.7 Å². The summed E-state index contributed by atoms with van der Waals surface area (Å²) in [5, 5.41) is 22.0. The molecule has 0 aliphatic heterocycles. The monoisotopic (exact) mass is 443 g/mol. The number of aromatic nitrogens is 7. The van der Waals surface area contributed by atoms with Crippen molar-refractivity contribution >= 4 is 11.6 Å². The number of pyridine rings is 1. The highest BCUT2D eigenvalue weighted by Crippen LogP contribution is 2.35. The van der Waals surface area contributed by atoms with E-state index in [2.05, 4.69) is 41.0 Å². The molecule has 0 bridgehead atoms. The fraction of sp³-hybridized carbons (Fsp3) is 0.304. The molecule has 1 aliphatic rings. The molecular weight excluding hydrogens is 418 g/mol. The van der Waals surface area contributed by atoms with Gasteiger partial charge >= 0.3 is 0 Å². The third kappa shape index (κ3) is 4.59. The van der Waals surface area contributed by atoms with Crippen LogP contribution in [0.15, 0.2) is 48.8 Å². The van der Waals surface area contributed by atoms with Crippen LogP contribution in [0.4, 0.5) is 5.69 Å². The van der Waals surface area contributed by atoms with E-state index in [0.29, 0.717) is 36.2 Å². The van der Waals surface area contributed by atoms with E-state index in [-0.39, 0.29) is 5.91 Å². The number of carbonyl (C=O) groups is 1. The fourth-order valence-corrected chi connectivity index (χ4v) is 3.77. The maximum Gasteiger partial charge on any atom is 0.251 e. The Hall–Kier alpha value is -4.08. The topological polar surface area (TPSA) is 126 Å². The zero-order chi connectivity index (χ0) is 22.6. The lowest BCUT2D eigenvalue weighted by Crippen LogP contribution is -2.25. The molecule has 1 fully saturated rings. The van der Waals surface area contributed by atoms with Crippen LogP contribution in [0.1, 0.15) is 53.0 Å². The lowest BCUT2D eigenvalue weighted by Gasteiger charge is -2.24. The van der Waals surface area contributed by atoms with Crippen LogP contribution in [0.5, 0.6) is 0 Å². The predicted octanol–water partition coefficient (Wildman–Crippen LogP) is 2.80. The number of rotatable bonds is 8. The van der Waals surface area contributed by atoms with Gasteiger partial charge in [0.25, 0.3) is 5.91 Å². The molecule has 168 valence electrons. The van der Waals surface area contributed by atoms with Crippen LogP contribution in [0.25, 0.3) is 11.4 Å². The summed E-state index contributed by atoms with van der Waals surface area (Å²) in [6, 6.07) is 11.1. The second-order valence-electron chi connectivity index (χ2n) is 8.12. The van der Waals surface area contributed by atoms with Gasteiger partial charge in [0, 0.05) is 42.2 Å². The largest absolute Gasteiger partial charge is 0.378 e. The molecule has 10 heteroatoms. The van der Waals surface area contributed by atoms with Crippen molar-refractivity contribution in [1.82, 2.24) is 40.2 Å². The second kappa shape index (κ2) is 9.19. The molecule has 0 radical (unpaired) electrons. The average molecular weight is 444 g/mol. The number of hydrogen-bond acceptors (Lipinski definition) is 7. The minimum atomic E-state index is -0.161. The Balaban J connectivity index is 1.17. The Kier molecular flexibility index (Phi) is 5.79. The zero-order valence-corrected chi connectivity index (χ0v) is 18.3. The zero-order valence-electron chi connectivity index (χ0n) is 18.3. The summed E-state index contributed by atoms with van der Waals surface area (Å²) in [6.45, 7) is 0.786. The van der Waals surface area contributed by atoms with Gasteiger partial charge in [-0.05, 0) is 43.2 Å². The number of aromatic amines is 1. The van der Waals surface area contributed by atoms with Crippen molar-refractivity contribution in [1.29, 1.82) is 0 Å². The van der Waals surface area contributed by atoms with Gasteiger partial charge in [-0.15, -0.1) is 10.2 Å². The number of anilines is 1. The lowest BCUT2D eigenvalue weighted by atomic mass is 9.85. The van der Waals surface area contributed by atoms with Gasteiger partial charge in [-0.25, -0.2) is 4.98 Å². The van der Waals surface area contributed by atoms with E-state index in [1.807, 2.05) is 41.9 Å². The average Bonchev–Trinajstić information content (AvgIpc) is 3.43. The summed E-state index contributed by atoms with van der Waals surface area (Å²) >= 11 is 0. The Morgan fingerprint density at radius 2 is 2.00 bits per heavy atom.